The zero-order chi connectivity index (χ0) is 14.7. The Kier molecular flexibility index (Phi) is 4.07. The van der Waals surface area contributed by atoms with Gasteiger partial charge in [-0.2, -0.15) is 0 Å². The van der Waals surface area contributed by atoms with E-state index in [2.05, 4.69) is 94.5 Å². The third-order valence-electron chi connectivity index (χ3n) is 3.37. The molecule has 3 rings (SSSR count). The third kappa shape index (κ3) is 3.17. The van der Waals surface area contributed by atoms with Gasteiger partial charge in [0.15, 0.2) is 0 Å². The predicted molar refractivity (Wildman–Crippen MR) is 93.6 cm³/mol. The lowest BCUT2D eigenvalue weighted by atomic mass is 10.1. The van der Waals surface area contributed by atoms with Gasteiger partial charge in [0, 0.05) is 21.5 Å². The fraction of sp³-hybridized carbons (Fsp3) is 0.0526. The van der Waals surface area contributed by atoms with Gasteiger partial charge in [0.1, 0.15) is 0 Å². The van der Waals surface area contributed by atoms with Crippen molar-refractivity contribution in [2.45, 2.75) is 6.92 Å². The molecule has 0 amide bonds. The Morgan fingerprint density at radius 2 is 1.29 bits per heavy atom. The van der Waals surface area contributed by atoms with Crippen molar-refractivity contribution in [1.29, 1.82) is 0 Å². The Labute approximate surface area is 134 Å². The summed E-state index contributed by atoms with van der Waals surface area (Å²) in [5, 5.41) is 0. The average Bonchev–Trinajstić information content (AvgIpc) is 2.51. The van der Waals surface area contributed by atoms with Gasteiger partial charge >= 0.3 is 0 Å². The minimum Gasteiger partial charge on any atom is -0.310 e. The van der Waals surface area contributed by atoms with Gasteiger partial charge in [-0.3, -0.25) is 0 Å². The van der Waals surface area contributed by atoms with Crippen molar-refractivity contribution in [3.8, 4) is 0 Å². The van der Waals surface area contributed by atoms with Crippen LogP contribution in [-0.2, 0) is 0 Å². The topological polar surface area (TPSA) is 3.24 Å². The van der Waals surface area contributed by atoms with Crippen molar-refractivity contribution in [2.24, 2.45) is 0 Å². The van der Waals surface area contributed by atoms with Gasteiger partial charge in [-0.1, -0.05) is 57.9 Å². The normalized spacial score (nSPS) is 10.4. The maximum atomic E-state index is 3.56. The molecule has 0 spiro atoms. The first-order valence-electron chi connectivity index (χ1n) is 6.91. The van der Waals surface area contributed by atoms with Gasteiger partial charge in [-0.05, 0) is 49.4 Å². The van der Waals surface area contributed by atoms with E-state index in [1.807, 2.05) is 12.1 Å². The van der Waals surface area contributed by atoms with Crippen LogP contribution in [0.1, 0.15) is 5.56 Å². The van der Waals surface area contributed by atoms with Crippen LogP contribution < -0.4 is 4.90 Å². The summed E-state index contributed by atoms with van der Waals surface area (Å²) >= 11 is 3.56. The molecule has 3 aromatic carbocycles. The van der Waals surface area contributed by atoms with E-state index in [-0.39, 0.29) is 0 Å². The molecule has 2 heteroatoms. The SMILES string of the molecule is Cc1ccc(N(c2ccccc2)c2cccc(Br)c2)cc1. The molecule has 0 aliphatic heterocycles. The van der Waals surface area contributed by atoms with E-state index >= 15 is 0 Å². The Morgan fingerprint density at radius 1 is 0.667 bits per heavy atom. The molecule has 0 aliphatic carbocycles. The molecule has 0 bridgehead atoms. The number of halogens is 1. The predicted octanol–water partition coefficient (Wildman–Crippen LogP) is 6.23. The molecule has 0 aliphatic rings. The van der Waals surface area contributed by atoms with Crippen molar-refractivity contribution in [2.75, 3.05) is 4.90 Å². The summed E-state index contributed by atoms with van der Waals surface area (Å²) in [4.78, 5) is 2.25. The van der Waals surface area contributed by atoms with Gasteiger partial charge in [-0.15, -0.1) is 0 Å². The van der Waals surface area contributed by atoms with E-state index in [0.717, 1.165) is 21.5 Å². The summed E-state index contributed by atoms with van der Waals surface area (Å²) in [7, 11) is 0. The lowest BCUT2D eigenvalue weighted by Crippen LogP contribution is -2.09. The Hall–Kier alpha value is -2.06. The average molecular weight is 338 g/mol. The second-order valence-electron chi connectivity index (χ2n) is 4.99. The maximum Gasteiger partial charge on any atom is 0.0472 e. The third-order valence-corrected chi connectivity index (χ3v) is 3.87. The molecule has 104 valence electrons. The highest BCUT2D eigenvalue weighted by Crippen LogP contribution is 2.35. The van der Waals surface area contributed by atoms with Crippen molar-refractivity contribution < 1.29 is 0 Å². The summed E-state index contributed by atoms with van der Waals surface area (Å²) in [5.74, 6) is 0. The van der Waals surface area contributed by atoms with Gasteiger partial charge in [-0.25, -0.2) is 0 Å². The first kappa shape index (κ1) is 13.9. The summed E-state index contributed by atoms with van der Waals surface area (Å²) in [6, 6.07) is 27.4. The molecule has 0 fully saturated rings. The highest BCUT2D eigenvalue weighted by atomic mass is 79.9. The molecule has 0 aromatic heterocycles. The number of hydrogen-bond acceptors (Lipinski definition) is 1. The molecule has 0 saturated heterocycles. The second kappa shape index (κ2) is 6.15. The first-order valence-corrected chi connectivity index (χ1v) is 7.71. The summed E-state index contributed by atoms with van der Waals surface area (Å²) < 4.78 is 1.08. The fourth-order valence-electron chi connectivity index (χ4n) is 2.33. The molecule has 21 heavy (non-hydrogen) atoms. The molecular weight excluding hydrogens is 322 g/mol. The number of rotatable bonds is 3. The van der Waals surface area contributed by atoms with Crippen LogP contribution >= 0.6 is 15.9 Å². The van der Waals surface area contributed by atoms with Gasteiger partial charge in [0.25, 0.3) is 0 Å². The zero-order valence-electron chi connectivity index (χ0n) is 11.8. The van der Waals surface area contributed by atoms with Crippen molar-refractivity contribution in [3.63, 3.8) is 0 Å². The summed E-state index contributed by atoms with van der Waals surface area (Å²) in [6.07, 6.45) is 0. The van der Waals surface area contributed by atoms with Crippen LogP contribution in [0.2, 0.25) is 0 Å². The van der Waals surface area contributed by atoms with E-state index in [1.165, 1.54) is 5.56 Å². The summed E-state index contributed by atoms with van der Waals surface area (Å²) in [5.41, 5.74) is 4.71. The largest absolute Gasteiger partial charge is 0.310 e. The Bertz CT molecular complexity index is 720. The van der Waals surface area contributed by atoms with Crippen LogP contribution in [0.25, 0.3) is 0 Å². The van der Waals surface area contributed by atoms with E-state index in [4.69, 9.17) is 0 Å². The quantitative estimate of drug-likeness (QED) is 0.547. The smallest absolute Gasteiger partial charge is 0.0472 e. The van der Waals surface area contributed by atoms with Gasteiger partial charge in [0.05, 0.1) is 0 Å². The van der Waals surface area contributed by atoms with Crippen LogP contribution in [-0.4, -0.2) is 0 Å². The Balaban J connectivity index is 2.13. The molecule has 1 nitrogen and oxygen atoms in total. The molecule has 3 aromatic rings. The number of aryl methyl sites for hydroxylation is 1. The van der Waals surface area contributed by atoms with Crippen LogP contribution in [0, 0.1) is 6.92 Å². The molecule has 0 unspecified atom stereocenters. The molecule has 0 heterocycles. The lowest BCUT2D eigenvalue weighted by Gasteiger charge is -2.25. The van der Waals surface area contributed by atoms with Gasteiger partial charge < -0.3 is 4.90 Å². The number of benzene rings is 3. The van der Waals surface area contributed by atoms with E-state index in [9.17, 15) is 0 Å². The number of anilines is 3. The van der Waals surface area contributed by atoms with Crippen LogP contribution in [0.15, 0.2) is 83.3 Å². The number of hydrogen-bond donors (Lipinski definition) is 0. The maximum absolute atomic E-state index is 3.56. The van der Waals surface area contributed by atoms with Crippen LogP contribution in [0.4, 0.5) is 17.1 Å². The van der Waals surface area contributed by atoms with Crippen molar-refractivity contribution in [3.05, 3.63) is 88.9 Å². The monoisotopic (exact) mass is 337 g/mol. The zero-order valence-corrected chi connectivity index (χ0v) is 13.4. The summed E-state index contributed by atoms with van der Waals surface area (Å²) in [6.45, 7) is 2.11. The van der Waals surface area contributed by atoms with E-state index in [0.29, 0.717) is 0 Å². The molecule has 0 saturated carbocycles. The molecule has 0 atom stereocenters. The van der Waals surface area contributed by atoms with Crippen LogP contribution in [0.5, 0.6) is 0 Å². The van der Waals surface area contributed by atoms with E-state index < -0.39 is 0 Å². The molecule has 0 N–H and O–H groups in total. The minimum absolute atomic E-state index is 1.08. The highest BCUT2D eigenvalue weighted by molar-refractivity contribution is 9.10. The van der Waals surface area contributed by atoms with Gasteiger partial charge in [0.2, 0.25) is 0 Å². The highest BCUT2D eigenvalue weighted by Gasteiger charge is 2.11. The standard InChI is InChI=1S/C19H16BrN/c1-15-10-12-18(13-11-15)21(17-7-3-2-4-8-17)19-9-5-6-16(20)14-19/h2-14H,1H3. The Morgan fingerprint density at radius 3 is 1.95 bits per heavy atom. The first-order chi connectivity index (χ1) is 10.2. The fourth-order valence-corrected chi connectivity index (χ4v) is 2.72. The number of nitrogens with zero attached hydrogens (tertiary/aromatic N) is 1. The lowest BCUT2D eigenvalue weighted by molar-refractivity contribution is 1.27. The van der Waals surface area contributed by atoms with Crippen molar-refractivity contribution >= 4 is 33.0 Å². The number of para-hydroxylation sites is 1. The molecular formula is C19H16BrN. The minimum atomic E-state index is 1.08. The second-order valence-corrected chi connectivity index (χ2v) is 5.90. The molecule has 0 radical (unpaired) electrons. The van der Waals surface area contributed by atoms with E-state index in [1.54, 1.807) is 0 Å². The van der Waals surface area contributed by atoms with Crippen LogP contribution in [0.3, 0.4) is 0 Å². The van der Waals surface area contributed by atoms with Crippen molar-refractivity contribution in [1.82, 2.24) is 0 Å².